The molecule has 1 atom stereocenters. The van der Waals surface area contributed by atoms with Gasteiger partial charge in [-0.25, -0.2) is 0 Å². The van der Waals surface area contributed by atoms with Crippen molar-refractivity contribution in [3.8, 4) is 0 Å². The molecule has 0 bridgehead atoms. The van der Waals surface area contributed by atoms with E-state index in [1.165, 1.54) is 47.9 Å². The van der Waals surface area contributed by atoms with E-state index in [2.05, 4.69) is 39.1 Å². The van der Waals surface area contributed by atoms with Gasteiger partial charge >= 0.3 is 0 Å². The molecule has 1 aliphatic rings. The quantitative estimate of drug-likeness (QED) is 0.518. The Morgan fingerprint density at radius 2 is 2.35 bits per heavy atom. The van der Waals surface area contributed by atoms with Gasteiger partial charge in [0.05, 0.1) is 5.25 Å². The van der Waals surface area contributed by atoms with E-state index in [-0.39, 0.29) is 11.2 Å². The number of nitrogens with one attached hydrogen (secondary N) is 1. The molecule has 0 saturated carbocycles. The summed E-state index contributed by atoms with van der Waals surface area (Å²) in [7, 11) is 0. The number of aromatic nitrogens is 3. The third kappa shape index (κ3) is 5.71. The number of nitrogens with zero attached hydrogens (tertiary/aromatic N) is 3. The van der Waals surface area contributed by atoms with Crippen LogP contribution in [0.5, 0.6) is 0 Å². The molecule has 0 radical (unpaired) electrons. The first-order valence-electron chi connectivity index (χ1n) is 9.25. The molecule has 0 aliphatic heterocycles. The predicted octanol–water partition coefficient (Wildman–Crippen LogP) is 4.07. The molecule has 1 amide bonds. The Morgan fingerprint density at radius 3 is 3.12 bits per heavy atom. The van der Waals surface area contributed by atoms with Crippen molar-refractivity contribution < 1.29 is 4.79 Å². The summed E-state index contributed by atoms with van der Waals surface area (Å²) in [6, 6.07) is 4.21. The molecule has 0 aromatic carbocycles. The van der Waals surface area contributed by atoms with Crippen molar-refractivity contribution in [2.45, 2.75) is 62.4 Å². The molecule has 2 heterocycles. The maximum absolute atomic E-state index is 12.4. The lowest BCUT2D eigenvalue weighted by atomic mass is 9.97. The zero-order valence-corrected chi connectivity index (χ0v) is 16.8. The van der Waals surface area contributed by atoms with Gasteiger partial charge in [0.15, 0.2) is 5.16 Å². The molecule has 1 aliphatic carbocycles. The summed E-state index contributed by atoms with van der Waals surface area (Å²) in [6.45, 7) is 3.48. The van der Waals surface area contributed by atoms with Crippen LogP contribution in [0.2, 0.25) is 0 Å². The van der Waals surface area contributed by atoms with Gasteiger partial charge in [0.2, 0.25) is 5.91 Å². The van der Waals surface area contributed by atoms with Gasteiger partial charge in [-0.15, -0.1) is 21.5 Å². The molecule has 0 spiro atoms. The van der Waals surface area contributed by atoms with Gasteiger partial charge in [-0.1, -0.05) is 29.5 Å². The van der Waals surface area contributed by atoms with Crippen molar-refractivity contribution in [3.05, 3.63) is 40.4 Å². The number of thiophene rings is 1. The lowest BCUT2D eigenvalue weighted by Gasteiger charge is -2.15. The molecular formula is C19H26N4OS2. The maximum atomic E-state index is 12.4. The zero-order valence-electron chi connectivity index (χ0n) is 15.2. The third-order valence-corrected chi connectivity index (χ3v) is 6.57. The summed E-state index contributed by atoms with van der Waals surface area (Å²) in [4.78, 5) is 13.7. The number of thioether (sulfide) groups is 1. The molecule has 0 fully saturated rings. The first-order valence-corrected chi connectivity index (χ1v) is 11.0. The van der Waals surface area contributed by atoms with Gasteiger partial charge in [-0.05, 0) is 56.9 Å². The number of carbonyl (C=O) groups is 1. The number of allylic oxidation sites excluding steroid dienone is 1. The highest BCUT2D eigenvalue weighted by Gasteiger charge is 2.17. The third-order valence-electron chi connectivity index (χ3n) is 4.54. The lowest BCUT2D eigenvalue weighted by Crippen LogP contribution is -2.32. The second-order valence-electron chi connectivity index (χ2n) is 6.55. The fourth-order valence-corrected chi connectivity index (χ4v) is 4.58. The van der Waals surface area contributed by atoms with Crippen LogP contribution in [-0.4, -0.2) is 32.5 Å². The van der Waals surface area contributed by atoms with E-state index in [1.54, 1.807) is 17.7 Å². The SMILES string of the molecule is CC(Sc1nncn1CCc1cccs1)C(=O)NCCC1=CCCCC1. The number of hydrogen-bond acceptors (Lipinski definition) is 5. The number of aryl methyl sites for hydroxylation is 2. The smallest absolute Gasteiger partial charge is 0.233 e. The average Bonchev–Trinajstić information content (AvgIpc) is 3.32. The van der Waals surface area contributed by atoms with Crippen LogP contribution in [0.15, 0.2) is 40.6 Å². The average molecular weight is 391 g/mol. The second-order valence-corrected chi connectivity index (χ2v) is 8.89. The standard InChI is InChI=1S/C19H26N4OS2/c1-15(18(24)20-11-9-16-6-3-2-4-7-16)26-19-22-21-14-23(19)12-10-17-8-5-13-25-17/h5-6,8,13-15H,2-4,7,9-12H2,1H3,(H,20,24). The highest BCUT2D eigenvalue weighted by atomic mass is 32.2. The van der Waals surface area contributed by atoms with Crippen molar-refractivity contribution >= 4 is 29.0 Å². The number of hydrogen-bond donors (Lipinski definition) is 1. The van der Waals surface area contributed by atoms with Gasteiger partial charge in [0.1, 0.15) is 6.33 Å². The number of carbonyl (C=O) groups excluding carboxylic acids is 1. The summed E-state index contributed by atoms with van der Waals surface area (Å²) in [5.74, 6) is 0.0687. The minimum absolute atomic E-state index is 0.0687. The Kier molecular flexibility index (Phi) is 7.32. The van der Waals surface area contributed by atoms with Crippen molar-refractivity contribution in [3.63, 3.8) is 0 Å². The largest absolute Gasteiger partial charge is 0.355 e. The Morgan fingerprint density at radius 1 is 1.42 bits per heavy atom. The molecule has 2 aromatic heterocycles. The van der Waals surface area contributed by atoms with Gasteiger partial charge in [0, 0.05) is 18.0 Å². The lowest BCUT2D eigenvalue weighted by molar-refractivity contribution is -0.120. The van der Waals surface area contributed by atoms with E-state index in [9.17, 15) is 4.79 Å². The maximum Gasteiger partial charge on any atom is 0.233 e. The number of rotatable bonds is 9. The molecule has 1 N–H and O–H groups in total. The van der Waals surface area contributed by atoms with Crippen LogP contribution >= 0.6 is 23.1 Å². The first-order chi connectivity index (χ1) is 12.7. The van der Waals surface area contributed by atoms with Crippen LogP contribution in [0.25, 0.3) is 0 Å². The molecule has 140 valence electrons. The summed E-state index contributed by atoms with van der Waals surface area (Å²) in [5.41, 5.74) is 1.49. The van der Waals surface area contributed by atoms with Crippen molar-refractivity contribution in [2.75, 3.05) is 6.54 Å². The Bertz CT molecular complexity index is 724. The van der Waals surface area contributed by atoms with Crippen LogP contribution < -0.4 is 5.32 Å². The van der Waals surface area contributed by atoms with Gasteiger partial charge in [0.25, 0.3) is 0 Å². The van der Waals surface area contributed by atoms with Crippen LogP contribution in [-0.2, 0) is 17.8 Å². The summed E-state index contributed by atoms with van der Waals surface area (Å²) >= 11 is 3.23. The van der Waals surface area contributed by atoms with E-state index in [0.29, 0.717) is 0 Å². The fourth-order valence-electron chi connectivity index (χ4n) is 3.01. The minimum Gasteiger partial charge on any atom is -0.355 e. The molecular weight excluding hydrogens is 364 g/mol. The number of amides is 1. The summed E-state index contributed by atoms with van der Waals surface area (Å²) < 4.78 is 2.03. The van der Waals surface area contributed by atoms with Crippen molar-refractivity contribution in [1.29, 1.82) is 0 Å². The van der Waals surface area contributed by atoms with Gasteiger partial charge in [-0.3, -0.25) is 4.79 Å². The summed E-state index contributed by atoms with van der Waals surface area (Å²) in [5, 5.41) is 14.0. The predicted molar refractivity (Wildman–Crippen MR) is 108 cm³/mol. The van der Waals surface area contributed by atoms with E-state index in [1.807, 2.05) is 11.5 Å². The summed E-state index contributed by atoms with van der Waals surface area (Å²) in [6.07, 6.45) is 11.0. The van der Waals surface area contributed by atoms with Crippen LogP contribution in [0.1, 0.15) is 43.9 Å². The molecule has 1 unspecified atom stereocenters. The minimum atomic E-state index is -0.181. The highest BCUT2D eigenvalue weighted by Crippen LogP contribution is 2.22. The zero-order chi connectivity index (χ0) is 18.2. The van der Waals surface area contributed by atoms with E-state index in [0.717, 1.165) is 31.1 Å². The Balaban J connectivity index is 1.43. The molecule has 2 aromatic rings. The Labute approximate surface area is 163 Å². The van der Waals surface area contributed by atoms with Crippen molar-refractivity contribution in [1.82, 2.24) is 20.1 Å². The van der Waals surface area contributed by atoms with E-state index < -0.39 is 0 Å². The van der Waals surface area contributed by atoms with Crippen LogP contribution in [0.3, 0.4) is 0 Å². The van der Waals surface area contributed by atoms with Crippen LogP contribution in [0, 0.1) is 0 Å². The fraction of sp³-hybridized carbons (Fsp3) is 0.526. The Hall–Kier alpha value is -1.60. The highest BCUT2D eigenvalue weighted by molar-refractivity contribution is 8.00. The molecule has 26 heavy (non-hydrogen) atoms. The topological polar surface area (TPSA) is 59.8 Å². The van der Waals surface area contributed by atoms with E-state index >= 15 is 0 Å². The second kappa shape index (κ2) is 9.92. The molecule has 5 nitrogen and oxygen atoms in total. The molecule has 3 rings (SSSR count). The van der Waals surface area contributed by atoms with Crippen molar-refractivity contribution in [2.24, 2.45) is 0 Å². The molecule has 7 heteroatoms. The normalized spacial score (nSPS) is 15.5. The van der Waals surface area contributed by atoms with Crippen LogP contribution in [0.4, 0.5) is 0 Å². The monoisotopic (exact) mass is 390 g/mol. The van der Waals surface area contributed by atoms with Gasteiger partial charge in [-0.2, -0.15) is 0 Å². The van der Waals surface area contributed by atoms with E-state index in [4.69, 9.17) is 0 Å². The molecule has 0 saturated heterocycles. The first kappa shape index (κ1) is 19.2. The van der Waals surface area contributed by atoms with Gasteiger partial charge < -0.3 is 9.88 Å².